The molecule has 1 heterocycles. The van der Waals surface area contributed by atoms with Gasteiger partial charge in [-0.05, 0) is 38.1 Å². The quantitative estimate of drug-likeness (QED) is 0.894. The predicted octanol–water partition coefficient (Wildman–Crippen LogP) is 2.31. The number of likely N-dealkylation sites (N-methyl/N-ethyl adjacent to an activating group) is 2. The maximum Gasteiger partial charge on any atom is 0.0805 e. The van der Waals surface area contributed by atoms with E-state index in [4.69, 9.17) is 0 Å². The van der Waals surface area contributed by atoms with Crippen molar-refractivity contribution in [3.05, 3.63) is 35.4 Å². The molecule has 3 heteroatoms. The summed E-state index contributed by atoms with van der Waals surface area (Å²) in [5.41, 5.74) is 2.41. The molecule has 0 radical (unpaired) electrons. The van der Waals surface area contributed by atoms with E-state index in [9.17, 15) is 5.11 Å². The largest absolute Gasteiger partial charge is 0.388 e. The van der Waals surface area contributed by atoms with Gasteiger partial charge in [-0.2, -0.15) is 0 Å². The lowest BCUT2D eigenvalue weighted by atomic mass is 9.98. The molecule has 1 saturated heterocycles. The van der Waals surface area contributed by atoms with Crippen molar-refractivity contribution in [3.8, 4) is 0 Å². The minimum absolute atomic E-state index is 0.357. The molecule has 1 aromatic carbocycles. The molecule has 1 N–H and O–H groups in total. The molecular formula is C17H28N2O. The first-order valence-corrected chi connectivity index (χ1v) is 7.75. The summed E-state index contributed by atoms with van der Waals surface area (Å²) in [4.78, 5) is 4.72. The van der Waals surface area contributed by atoms with Crippen LogP contribution in [0.25, 0.3) is 0 Å². The van der Waals surface area contributed by atoms with Gasteiger partial charge in [0, 0.05) is 25.7 Å². The van der Waals surface area contributed by atoms with Crippen molar-refractivity contribution in [2.75, 3.05) is 33.7 Å². The zero-order chi connectivity index (χ0) is 14.5. The van der Waals surface area contributed by atoms with Gasteiger partial charge in [0.05, 0.1) is 6.10 Å². The van der Waals surface area contributed by atoms with Crippen molar-refractivity contribution >= 4 is 0 Å². The first-order chi connectivity index (χ1) is 9.60. The van der Waals surface area contributed by atoms with Crippen molar-refractivity contribution in [2.24, 2.45) is 0 Å². The van der Waals surface area contributed by atoms with Crippen LogP contribution in [0.4, 0.5) is 0 Å². The summed E-state index contributed by atoms with van der Waals surface area (Å²) in [5.74, 6) is 0. The van der Waals surface area contributed by atoms with Crippen LogP contribution in [0.5, 0.6) is 0 Å². The topological polar surface area (TPSA) is 26.7 Å². The van der Waals surface area contributed by atoms with Crippen LogP contribution in [0.3, 0.4) is 0 Å². The van der Waals surface area contributed by atoms with E-state index in [1.165, 1.54) is 12.0 Å². The normalized spacial score (nSPS) is 22.9. The third-order valence-electron chi connectivity index (χ3n) is 4.38. The minimum Gasteiger partial charge on any atom is -0.388 e. The van der Waals surface area contributed by atoms with Gasteiger partial charge < -0.3 is 14.9 Å². The standard InChI is InChI=1S/C17H28N2O/c1-4-5-14-6-8-15(9-7-14)17(20)12-16-13-18(2)10-11-19(16)3/h6-9,16-17,20H,4-5,10-13H2,1-3H3. The molecule has 1 aliphatic heterocycles. The first-order valence-electron chi connectivity index (χ1n) is 7.75. The Morgan fingerprint density at radius 1 is 1.20 bits per heavy atom. The van der Waals surface area contributed by atoms with Gasteiger partial charge in [0.1, 0.15) is 0 Å². The molecule has 0 amide bonds. The van der Waals surface area contributed by atoms with Gasteiger partial charge in [-0.1, -0.05) is 37.6 Å². The second-order valence-corrected chi connectivity index (χ2v) is 6.14. The number of rotatable bonds is 5. The van der Waals surface area contributed by atoms with Gasteiger partial charge in [-0.25, -0.2) is 0 Å². The number of aryl methyl sites for hydroxylation is 1. The third-order valence-corrected chi connectivity index (χ3v) is 4.38. The summed E-state index contributed by atoms with van der Waals surface area (Å²) in [7, 11) is 4.32. The number of hydrogen-bond donors (Lipinski definition) is 1. The van der Waals surface area contributed by atoms with Crippen LogP contribution in [0.1, 0.15) is 37.0 Å². The Bertz CT molecular complexity index is 404. The highest BCUT2D eigenvalue weighted by atomic mass is 16.3. The molecular weight excluding hydrogens is 248 g/mol. The SMILES string of the molecule is CCCc1ccc(C(O)CC2CN(C)CCN2C)cc1. The van der Waals surface area contributed by atoms with E-state index >= 15 is 0 Å². The number of piperazine rings is 1. The molecule has 112 valence electrons. The third kappa shape index (κ3) is 4.05. The van der Waals surface area contributed by atoms with Gasteiger partial charge >= 0.3 is 0 Å². The van der Waals surface area contributed by atoms with Gasteiger partial charge in [-0.3, -0.25) is 0 Å². The fourth-order valence-electron chi connectivity index (χ4n) is 2.94. The smallest absolute Gasteiger partial charge is 0.0805 e. The summed E-state index contributed by atoms with van der Waals surface area (Å²) >= 11 is 0. The molecule has 2 atom stereocenters. The highest BCUT2D eigenvalue weighted by Crippen LogP contribution is 2.22. The van der Waals surface area contributed by atoms with Crippen LogP contribution in [-0.2, 0) is 6.42 Å². The average molecular weight is 276 g/mol. The first kappa shape index (κ1) is 15.5. The summed E-state index contributed by atoms with van der Waals surface area (Å²) in [6.07, 6.45) is 2.74. The van der Waals surface area contributed by atoms with E-state index in [-0.39, 0.29) is 6.10 Å². The van der Waals surface area contributed by atoms with Gasteiger partial charge in [0.2, 0.25) is 0 Å². The Morgan fingerprint density at radius 3 is 2.55 bits per heavy atom. The number of nitrogens with zero attached hydrogens (tertiary/aromatic N) is 2. The monoisotopic (exact) mass is 276 g/mol. The summed E-state index contributed by atoms with van der Waals surface area (Å²) in [5, 5.41) is 10.5. The fraction of sp³-hybridized carbons (Fsp3) is 0.647. The van der Waals surface area contributed by atoms with Crippen LogP contribution in [0.15, 0.2) is 24.3 Å². The maximum absolute atomic E-state index is 10.5. The molecule has 0 aromatic heterocycles. The zero-order valence-electron chi connectivity index (χ0n) is 13.0. The van der Waals surface area contributed by atoms with Crippen molar-refractivity contribution < 1.29 is 5.11 Å². The lowest BCUT2D eigenvalue weighted by Crippen LogP contribution is -2.50. The highest BCUT2D eigenvalue weighted by Gasteiger charge is 2.24. The van der Waals surface area contributed by atoms with Gasteiger partial charge in [0.15, 0.2) is 0 Å². The second kappa shape index (κ2) is 7.21. The Morgan fingerprint density at radius 2 is 1.90 bits per heavy atom. The van der Waals surface area contributed by atoms with Gasteiger partial charge in [-0.15, -0.1) is 0 Å². The molecule has 1 aromatic rings. The Labute approximate surface area is 123 Å². The molecule has 1 fully saturated rings. The van der Waals surface area contributed by atoms with Crippen molar-refractivity contribution in [3.63, 3.8) is 0 Å². The predicted molar refractivity (Wildman–Crippen MR) is 83.9 cm³/mol. The molecule has 0 spiro atoms. The fourth-order valence-corrected chi connectivity index (χ4v) is 2.94. The molecule has 0 aliphatic carbocycles. The van der Waals surface area contributed by atoms with E-state index in [0.717, 1.165) is 38.0 Å². The zero-order valence-corrected chi connectivity index (χ0v) is 13.0. The van der Waals surface area contributed by atoms with E-state index in [2.05, 4.69) is 55.1 Å². The van der Waals surface area contributed by atoms with Crippen LogP contribution in [0, 0.1) is 0 Å². The average Bonchev–Trinajstić information content (AvgIpc) is 2.44. The Hall–Kier alpha value is -0.900. The summed E-state index contributed by atoms with van der Waals surface area (Å²) < 4.78 is 0. The summed E-state index contributed by atoms with van der Waals surface area (Å²) in [6, 6.07) is 8.92. The van der Waals surface area contributed by atoms with Crippen LogP contribution in [-0.4, -0.2) is 54.7 Å². The molecule has 1 aliphatic rings. The lowest BCUT2D eigenvalue weighted by Gasteiger charge is -2.38. The van der Waals surface area contributed by atoms with E-state index in [0.29, 0.717) is 6.04 Å². The van der Waals surface area contributed by atoms with Crippen LogP contribution in [0.2, 0.25) is 0 Å². The van der Waals surface area contributed by atoms with Crippen molar-refractivity contribution in [1.29, 1.82) is 0 Å². The Kier molecular flexibility index (Phi) is 5.58. The molecule has 20 heavy (non-hydrogen) atoms. The van der Waals surface area contributed by atoms with Gasteiger partial charge in [0.25, 0.3) is 0 Å². The highest BCUT2D eigenvalue weighted by molar-refractivity contribution is 5.24. The van der Waals surface area contributed by atoms with E-state index in [1.807, 2.05) is 0 Å². The number of benzene rings is 1. The number of hydrogen-bond acceptors (Lipinski definition) is 3. The maximum atomic E-state index is 10.5. The second-order valence-electron chi connectivity index (χ2n) is 6.14. The number of aliphatic hydroxyl groups excluding tert-OH is 1. The van der Waals surface area contributed by atoms with Crippen molar-refractivity contribution in [2.45, 2.75) is 38.3 Å². The van der Waals surface area contributed by atoms with Crippen LogP contribution < -0.4 is 0 Å². The summed E-state index contributed by atoms with van der Waals surface area (Å²) in [6.45, 7) is 5.44. The molecule has 2 unspecified atom stereocenters. The van der Waals surface area contributed by atoms with E-state index in [1.54, 1.807) is 0 Å². The van der Waals surface area contributed by atoms with E-state index < -0.39 is 0 Å². The van der Waals surface area contributed by atoms with Crippen LogP contribution >= 0.6 is 0 Å². The molecule has 3 nitrogen and oxygen atoms in total. The molecule has 2 rings (SSSR count). The Balaban J connectivity index is 1.94. The number of aliphatic hydroxyl groups is 1. The molecule has 0 saturated carbocycles. The molecule has 0 bridgehead atoms. The lowest BCUT2D eigenvalue weighted by molar-refractivity contribution is 0.0635. The minimum atomic E-state index is -0.357. The van der Waals surface area contributed by atoms with Crippen molar-refractivity contribution in [1.82, 2.24) is 9.80 Å².